The predicted octanol–water partition coefficient (Wildman–Crippen LogP) is 5.17. The third-order valence-corrected chi connectivity index (χ3v) is 8.34. The molecule has 3 rings (SSSR count). The molecule has 0 unspecified atom stereocenters. The quantitative estimate of drug-likeness (QED) is 0.284. The lowest BCUT2D eigenvalue weighted by atomic mass is 10.1. The molecular weight excluding hydrogens is 538 g/mol. The Hall–Kier alpha value is -3.85. The van der Waals surface area contributed by atoms with E-state index in [1.54, 1.807) is 42.5 Å². The Morgan fingerprint density at radius 1 is 0.927 bits per heavy atom. The van der Waals surface area contributed by atoms with Crippen LogP contribution in [0.3, 0.4) is 0 Å². The first-order valence-electron chi connectivity index (χ1n) is 14.0. The minimum atomic E-state index is -4.12. The molecule has 41 heavy (non-hydrogen) atoms. The number of nitrogens with one attached hydrogen (secondary N) is 1. The van der Waals surface area contributed by atoms with Crippen LogP contribution >= 0.6 is 0 Å². The minimum Gasteiger partial charge on any atom is -0.494 e. The maximum Gasteiger partial charge on any atom is 0.264 e. The molecule has 1 N–H and O–H groups in total. The Morgan fingerprint density at radius 3 is 2.20 bits per heavy atom. The van der Waals surface area contributed by atoms with Crippen molar-refractivity contribution in [3.63, 3.8) is 0 Å². The monoisotopic (exact) mass is 579 g/mol. The maximum absolute atomic E-state index is 14.1. The van der Waals surface area contributed by atoms with Gasteiger partial charge in [0.05, 0.1) is 17.2 Å². The fraction of sp³-hybridized carbons (Fsp3) is 0.375. The van der Waals surface area contributed by atoms with Crippen molar-refractivity contribution in [1.29, 1.82) is 0 Å². The molecule has 0 heterocycles. The molecule has 0 aliphatic heterocycles. The molecule has 0 radical (unpaired) electrons. The topological polar surface area (TPSA) is 96.0 Å². The number of anilines is 1. The highest BCUT2D eigenvalue weighted by Crippen LogP contribution is 2.27. The lowest BCUT2D eigenvalue weighted by molar-refractivity contribution is -0.140. The number of amides is 2. The molecule has 0 aromatic heterocycles. The highest BCUT2D eigenvalue weighted by molar-refractivity contribution is 7.92. The number of hydrogen-bond donors (Lipinski definition) is 1. The first kappa shape index (κ1) is 31.7. The van der Waals surface area contributed by atoms with Gasteiger partial charge < -0.3 is 15.0 Å². The van der Waals surface area contributed by atoms with Crippen LogP contribution in [0.1, 0.15) is 45.2 Å². The van der Waals surface area contributed by atoms with Gasteiger partial charge in [-0.05, 0) is 68.1 Å². The van der Waals surface area contributed by atoms with Crippen molar-refractivity contribution >= 4 is 27.5 Å². The summed E-state index contributed by atoms with van der Waals surface area (Å²) in [5.41, 5.74) is 2.19. The maximum atomic E-state index is 14.1. The number of rotatable bonds is 14. The first-order valence-corrected chi connectivity index (χ1v) is 15.4. The second kappa shape index (κ2) is 14.7. The number of hydrogen-bond acceptors (Lipinski definition) is 5. The van der Waals surface area contributed by atoms with Gasteiger partial charge in [-0.25, -0.2) is 8.42 Å². The second-order valence-corrected chi connectivity index (χ2v) is 12.2. The van der Waals surface area contributed by atoms with Gasteiger partial charge >= 0.3 is 0 Å². The van der Waals surface area contributed by atoms with Crippen LogP contribution in [0.15, 0.2) is 83.8 Å². The molecule has 3 aromatic carbocycles. The molecule has 0 aliphatic carbocycles. The first-order chi connectivity index (χ1) is 19.6. The van der Waals surface area contributed by atoms with E-state index in [9.17, 15) is 18.0 Å². The van der Waals surface area contributed by atoms with E-state index in [-0.39, 0.29) is 23.3 Å². The van der Waals surface area contributed by atoms with Crippen LogP contribution in [0.4, 0.5) is 5.69 Å². The van der Waals surface area contributed by atoms with E-state index in [2.05, 4.69) is 5.32 Å². The van der Waals surface area contributed by atoms with Gasteiger partial charge in [-0.2, -0.15) is 0 Å². The van der Waals surface area contributed by atoms with Gasteiger partial charge in [0.25, 0.3) is 10.0 Å². The summed E-state index contributed by atoms with van der Waals surface area (Å²) in [7, 11) is -4.12. The van der Waals surface area contributed by atoms with Crippen LogP contribution in [-0.4, -0.2) is 50.9 Å². The molecule has 0 saturated carbocycles. The van der Waals surface area contributed by atoms with E-state index in [0.29, 0.717) is 31.0 Å². The molecule has 8 nitrogen and oxygen atoms in total. The summed E-state index contributed by atoms with van der Waals surface area (Å²) in [6.07, 6.45) is 0.371. The molecular formula is C32H41N3O5S. The predicted molar refractivity (Wildman–Crippen MR) is 162 cm³/mol. The minimum absolute atomic E-state index is 0.0636. The van der Waals surface area contributed by atoms with Crippen LogP contribution in [-0.2, 0) is 26.2 Å². The summed E-state index contributed by atoms with van der Waals surface area (Å²) in [4.78, 5) is 29.0. The Labute approximate surface area is 244 Å². The number of aryl methyl sites for hydroxylation is 1. The van der Waals surface area contributed by atoms with E-state index in [0.717, 1.165) is 15.4 Å². The fourth-order valence-electron chi connectivity index (χ4n) is 4.47. The average Bonchev–Trinajstić information content (AvgIpc) is 2.95. The van der Waals surface area contributed by atoms with Gasteiger partial charge in [-0.15, -0.1) is 0 Å². The number of ether oxygens (including phenoxy) is 1. The van der Waals surface area contributed by atoms with Crippen LogP contribution in [0.25, 0.3) is 0 Å². The van der Waals surface area contributed by atoms with Crippen LogP contribution in [0, 0.1) is 12.8 Å². The van der Waals surface area contributed by atoms with E-state index in [4.69, 9.17) is 4.74 Å². The zero-order valence-corrected chi connectivity index (χ0v) is 25.4. The molecule has 9 heteroatoms. The largest absolute Gasteiger partial charge is 0.494 e. The van der Waals surface area contributed by atoms with Crippen molar-refractivity contribution in [3.05, 3.63) is 90.0 Å². The molecule has 1 atom stereocenters. The van der Waals surface area contributed by atoms with Gasteiger partial charge in [0.2, 0.25) is 11.8 Å². The highest BCUT2D eigenvalue weighted by atomic mass is 32.2. The number of benzene rings is 3. The summed E-state index contributed by atoms with van der Waals surface area (Å²) in [5.74, 6) is 0.0873. The standard InChI is InChI=1S/C32H41N3O5S/c1-6-30(32(37)33-21-24(3)4)34(22-26-13-11-12-25(5)20-26)31(36)23-35(27-16-18-28(19-17-27)40-7-2)41(38,39)29-14-9-8-10-15-29/h8-20,24,30H,6-7,21-23H2,1-5H3,(H,33,37)/t30-/m0/s1. The molecule has 0 saturated heterocycles. The Morgan fingerprint density at radius 2 is 1.61 bits per heavy atom. The fourth-order valence-corrected chi connectivity index (χ4v) is 5.91. The van der Waals surface area contributed by atoms with Crippen molar-refractivity contribution in [1.82, 2.24) is 10.2 Å². The van der Waals surface area contributed by atoms with Crippen molar-refractivity contribution in [3.8, 4) is 5.75 Å². The molecule has 0 fully saturated rings. The Bertz CT molecular complexity index is 1390. The van der Waals surface area contributed by atoms with Crippen LogP contribution < -0.4 is 14.4 Å². The lowest BCUT2D eigenvalue weighted by Crippen LogP contribution is -2.52. The molecule has 3 aromatic rings. The van der Waals surface area contributed by atoms with Crippen LogP contribution in [0.5, 0.6) is 5.75 Å². The summed E-state index contributed by atoms with van der Waals surface area (Å²) in [6.45, 7) is 10.3. The molecule has 2 amide bonds. The van der Waals surface area contributed by atoms with Gasteiger partial charge in [0.1, 0.15) is 18.3 Å². The number of carbonyl (C=O) groups excluding carboxylic acids is 2. The Balaban J connectivity index is 2.04. The average molecular weight is 580 g/mol. The Kier molecular flexibility index (Phi) is 11.3. The SMILES string of the molecule is CCOc1ccc(N(CC(=O)N(Cc2cccc(C)c2)[C@@H](CC)C(=O)NCC(C)C)S(=O)(=O)c2ccccc2)cc1. The highest BCUT2D eigenvalue weighted by Gasteiger charge is 2.33. The van der Waals surface area contributed by atoms with E-state index >= 15 is 0 Å². The van der Waals surface area contributed by atoms with Gasteiger partial charge in [0, 0.05) is 13.1 Å². The van der Waals surface area contributed by atoms with E-state index in [1.807, 2.05) is 58.9 Å². The van der Waals surface area contributed by atoms with E-state index < -0.39 is 28.5 Å². The number of sulfonamides is 1. The van der Waals surface area contributed by atoms with E-state index in [1.165, 1.54) is 17.0 Å². The third-order valence-electron chi connectivity index (χ3n) is 6.55. The smallest absolute Gasteiger partial charge is 0.264 e. The summed E-state index contributed by atoms with van der Waals surface area (Å²) in [5, 5.41) is 2.95. The zero-order chi connectivity index (χ0) is 30.0. The molecule has 0 spiro atoms. The summed E-state index contributed by atoms with van der Waals surface area (Å²) in [6, 6.07) is 21.6. The van der Waals surface area contributed by atoms with Crippen molar-refractivity contribution in [2.24, 2.45) is 5.92 Å². The second-order valence-electron chi connectivity index (χ2n) is 10.3. The normalized spacial score (nSPS) is 12.0. The van der Waals surface area contributed by atoms with Gasteiger partial charge in [-0.3, -0.25) is 13.9 Å². The van der Waals surface area contributed by atoms with Crippen molar-refractivity contribution in [2.45, 2.75) is 58.5 Å². The molecule has 220 valence electrons. The van der Waals surface area contributed by atoms with Gasteiger partial charge in [0.15, 0.2) is 0 Å². The lowest BCUT2D eigenvalue weighted by Gasteiger charge is -2.33. The molecule has 0 aliphatic rings. The van der Waals surface area contributed by atoms with Crippen molar-refractivity contribution < 1.29 is 22.7 Å². The third kappa shape index (κ3) is 8.57. The zero-order valence-electron chi connectivity index (χ0n) is 24.5. The number of nitrogens with zero attached hydrogens (tertiary/aromatic N) is 2. The van der Waals surface area contributed by atoms with Crippen LogP contribution in [0.2, 0.25) is 0 Å². The number of carbonyl (C=O) groups is 2. The molecule has 0 bridgehead atoms. The summed E-state index contributed by atoms with van der Waals surface area (Å²) >= 11 is 0. The van der Waals surface area contributed by atoms with Gasteiger partial charge in [-0.1, -0.05) is 68.8 Å². The summed E-state index contributed by atoms with van der Waals surface area (Å²) < 4.78 is 34.4. The van der Waals surface area contributed by atoms with Crippen molar-refractivity contribution in [2.75, 3.05) is 24.0 Å².